The number of aromatic nitrogens is 3. The highest BCUT2D eigenvalue weighted by Gasteiger charge is 2.23. The van der Waals surface area contributed by atoms with Gasteiger partial charge in [-0.15, -0.1) is 11.3 Å². The van der Waals surface area contributed by atoms with Crippen molar-refractivity contribution in [2.75, 3.05) is 0 Å². The molecule has 0 saturated carbocycles. The van der Waals surface area contributed by atoms with Crippen LogP contribution < -0.4 is 0 Å². The molecule has 4 aromatic heterocycles. The van der Waals surface area contributed by atoms with Crippen molar-refractivity contribution in [3.05, 3.63) is 164 Å². The Bertz CT molecular complexity index is 4220. The van der Waals surface area contributed by atoms with Crippen LogP contribution in [0.3, 0.4) is 0 Å². The van der Waals surface area contributed by atoms with E-state index in [0.29, 0.717) is 55.0 Å². The number of nitrogens with zero attached hydrogens (tertiary/aromatic N) is 3. The molecule has 0 N–H and O–H groups in total. The molecule has 12 rings (SSSR count). The van der Waals surface area contributed by atoms with Crippen LogP contribution in [0.25, 0.3) is 120 Å². The highest BCUT2D eigenvalue weighted by Crippen LogP contribution is 2.45. The number of thiophene rings is 1. The van der Waals surface area contributed by atoms with Crippen LogP contribution in [0, 0.1) is 0 Å². The summed E-state index contributed by atoms with van der Waals surface area (Å²) in [5.41, 5.74) is 2.53. The average Bonchev–Trinajstić information content (AvgIpc) is 4.04. The van der Waals surface area contributed by atoms with Crippen molar-refractivity contribution in [2.24, 2.45) is 0 Å². The Labute approximate surface area is 334 Å². The van der Waals surface area contributed by atoms with Gasteiger partial charge in [-0.05, 0) is 64.8 Å². The number of hydrogen-bond donors (Lipinski definition) is 0. The van der Waals surface area contributed by atoms with Gasteiger partial charge in [0.15, 0.2) is 17.5 Å². The standard InChI is InChI=1S/C49H27N3O2S/c1-2-12-29-27-30(24-23-28(29)11-1)47-50-48(36-17-10-22-42-44(36)35-15-5-8-21-41(35)55-42)52-49(51-47)37-26-25-32(46-45(37)34-14-4-7-19-39(34)54-46)31-16-9-20-40-43(31)33-13-3-6-18-38(33)53-40/h1-27H/i1D,2D,3D,6D,9D,11D,12D,18D,20D,23D,24D,27D. The van der Waals surface area contributed by atoms with E-state index in [2.05, 4.69) is 0 Å². The Balaban J connectivity index is 1.20. The molecule has 0 aliphatic heterocycles. The molecule has 0 bridgehead atoms. The minimum absolute atomic E-state index is 0.00936. The first-order valence-electron chi connectivity index (χ1n) is 23.3. The van der Waals surface area contributed by atoms with Gasteiger partial charge in [0, 0.05) is 64.0 Å². The summed E-state index contributed by atoms with van der Waals surface area (Å²) in [5, 5.41) is 3.16. The van der Waals surface area contributed by atoms with Crippen molar-refractivity contribution in [3.63, 3.8) is 0 Å². The summed E-state index contributed by atoms with van der Waals surface area (Å²) in [7, 11) is 0. The molecule has 8 aromatic carbocycles. The van der Waals surface area contributed by atoms with E-state index < -0.39 is 42.3 Å². The van der Waals surface area contributed by atoms with Crippen molar-refractivity contribution in [2.45, 2.75) is 0 Å². The number of benzene rings is 8. The van der Waals surface area contributed by atoms with Gasteiger partial charge < -0.3 is 8.83 Å². The van der Waals surface area contributed by atoms with Crippen LogP contribution in [-0.4, -0.2) is 15.0 Å². The minimum atomic E-state index is -0.589. The minimum Gasteiger partial charge on any atom is -0.456 e. The molecule has 0 radical (unpaired) electrons. The van der Waals surface area contributed by atoms with Crippen LogP contribution in [0.2, 0.25) is 0 Å². The molecule has 0 unspecified atom stereocenters. The van der Waals surface area contributed by atoms with E-state index in [9.17, 15) is 2.74 Å². The Kier molecular flexibility index (Phi) is 4.44. The molecular weight excluding hydrogens is 695 g/mol. The van der Waals surface area contributed by atoms with Crippen molar-refractivity contribution in [1.29, 1.82) is 0 Å². The van der Waals surface area contributed by atoms with Gasteiger partial charge in [0.05, 0.1) is 16.4 Å². The number of fused-ring (bicyclic) bond motifs is 10. The molecule has 256 valence electrons. The predicted octanol–water partition coefficient (Wildman–Crippen LogP) is 13.9. The molecule has 0 spiro atoms. The van der Waals surface area contributed by atoms with E-state index in [1.54, 1.807) is 29.5 Å². The lowest BCUT2D eigenvalue weighted by molar-refractivity contribution is 0.668. The zero-order valence-corrected chi connectivity index (χ0v) is 29.0. The quantitative estimate of drug-likeness (QED) is 0.180. The third-order valence-corrected chi connectivity index (χ3v) is 11.0. The monoisotopic (exact) mass is 733 g/mol. The van der Waals surface area contributed by atoms with E-state index in [0.717, 1.165) is 20.2 Å². The van der Waals surface area contributed by atoms with E-state index in [4.69, 9.17) is 37.5 Å². The third-order valence-electron chi connectivity index (χ3n) is 9.89. The Morgan fingerprint density at radius 3 is 2.09 bits per heavy atom. The number of hydrogen-bond acceptors (Lipinski definition) is 6. The maximum atomic E-state index is 9.47. The largest absolute Gasteiger partial charge is 0.456 e. The summed E-state index contributed by atoms with van der Waals surface area (Å²) in [5.74, 6) is 0.0754. The SMILES string of the molecule is [2H]c1cc2c(oc3c([2H])c([2H])cc(-c4ccc(-c5nc(-c6c([2H])c([2H])c7c([2H])c([2H])c([2H])c([2H])c7c6[2H])nc(-c6cccc7sc8ccccc8c67)n5)c5c4oc4ccccc45)c32)c([2H])c1[2H]. The van der Waals surface area contributed by atoms with Gasteiger partial charge in [-0.1, -0.05) is 115 Å². The third kappa shape index (κ3) is 4.62. The van der Waals surface area contributed by atoms with Crippen LogP contribution in [0.5, 0.6) is 0 Å². The summed E-state index contributed by atoms with van der Waals surface area (Å²) in [6, 6.07) is 22.4. The van der Waals surface area contributed by atoms with Gasteiger partial charge in [0.2, 0.25) is 0 Å². The van der Waals surface area contributed by atoms with Crippen molar-refractivity contribution >= 4 is 86.2 Å². The van der Waals surface area contributed by atoms with E-state index in [1.165, 1.54) is 12.1 Å². The maximum Gasteiger partial charge on any atom is 0.164 e. The lowest BCUT2D eigenvalue weighted by Gasteiger charge is -2.12. The fraction of sp³-hybridized carbons (Fsp3) is 0. The first-order valence-corrected chi connectivity index (χ1v) is 18.1. The number of para-hydroxylation sites is 2. The molecule has 4 heterocycles. The molecular formula is C49H27N3O2S. The second-order valence-electron chi connectivity index (χ2n) is 13.0. The topological polar surface area (TPSA) is 65.0 Å². The van der Waals surface area contributed by atoms with Gasteiger partial charge in [0.25, 0.3) is 0 Å². The summed E-state index contributed by atoms with van der Waals surface area (Å²) in [6.45, 7) is 0. The highest BCUT2D eigenvalue weighted by molar-refractivity contribution is 7.25. The molecule has 6 heteroatoms. The molecule has 0 aliphatic rings. The second kappa shape index (κ2) is 11.7. The Morgan fingerprint density at radius 1 is 0.436 bits per heavy atom. The molecule has 0 aliphatic carbocycles. The average molecular weight is 734 g/mol. The van der Waals surface area contributed by atoms with Crippen molar-refractivity contribution in [1.82, 2.24) is 15.0 Å². The molecule has 0 fully saturated rings. The van der Waals surface area contributed by atoms with Crippen LogP contribution in [0.1, 0.15) is 16.4 Å². The first kappa shape index (κ1) is 20.9. The van der Waals surface area contributed by atoms with Crippen LogP contribution >= 0.6 is 11.3 Å². The molecule has 0 atom stereocenters. The van der Waals surface area contributed by atoms with Crippen LogP contribution in [0.4, 0.5) is 0 Å². The second-order valence-corrected chi connectivity index (χ2v) is 14.0. The fourth-order valence-corrected chi connectivity index (χ4v) is 8.63. The van der Waals surface area contributed by atoms with Crippen LogP contribution in [-0.2, 0) is 0 Å². The lowest BCUT2D eigenvalue weighted by Crippen LogP contribution is -2.01. The van der Waals surface area contributed by atoms with Gasteiger partial charge >= 0.3 is 0 Å². The highest BCUT2D eigenvalue weighted by atomic mass is 32.1. The normalized spacial score (nSPS) is 15.1. The van der Waals surface area contributed by atoms with Crippen LogP contribution in [0.15, 0.2) is 172 Å². The zero-order valence-electron chi connectivity index (χ0n) is 40.2. The molecule has 55 heavy (non-hydrogen) atoms. The summed E-state index contributed by atoms with van der Waals surface area (Å²) in [4.78, 5) is 15.0. The van der Waals surface area contributed by atoms with E-state index >= 15 is 0 Å². The number of furan rings is 2. The predicted molar refractivity (Wildman–Crippen MR) is 227 cm³/mol. The maximum absolute atomic E-state index is 9.47. The summed E-state index contributed by atoms with van der Waals surface area (Å²) >= 11 is 1.59. The van der Waals surface area contributed by atoms with Gasteiger partial charge in [-0.3, -0.25) is 0 Å². The number of rotatable bonds is 4. The summed E-state index contributed by atoms with van der Waals surface area (Å²) in [6.07, 6.45) is 0. The lowest BCUT2D eigenvalue weighted by atomic mass is 9.95. The van der Waals surface area contributed by atoms with Gasteiger partial charge in [0.1, 0.15) is 22.3 Å². The van der Waals surface area contributed by atoms with Crippen molar-refractivity contribution in [3.8, 4) is 45.3 Å². The first-order chi connectivity index (χ1) is 32.2. The molecule has 5 nitrogen and oxygen atoms in total. The fourth-order valence-electron chi connectivity index (χ4n) is 7.50. The smallest absolute Gasteiger partial charge is 0.164 e. The Hall–Kier alpha value is -7.15. The Morgan fingerprint density at radius 2 is 1.16 bits per heavy atom. The van der Waals surface area contributed by atoms with E-state index in [-0.39, 0.29) is 75.2 Å². The van der Waals surface area contributed by atoms with E-state index in [1.807, 2.05) is 60.7 Å². The van der Waals surface area contributed by atoms with Gasteiger partial charge in [-0.25, -0.2) is 15.0 Å². The summed E-state index contributed by atoms with van der Waals surface area (Å²) < 4.78 is 120. The zero-order chi connectivity index (χ0) is 46.5. The molecule has 12 aromatic rings. The van der Waals surface area contributed by atoms with Gasteiger partial charge in [-0.2, -0.15) is 0 Å². The van der Waals surface area contributed by atoms with Crippen molar-refractivity contribution < 1.29 is 25.3 Å². The molecule has 0 saturated heterocycles. The molecule has 0 amide bonds.